The molecule has 0 radical (unpaired) electrons. The molecule has 102 valence electrons. The van der Waals surface area contributed by atoms with E-state index in [4.69, 9.17) is 28.5 Å². The van der Waals surface area contributed by atoms with Gasteiger partial charge in [0.2, 0.25) is 0 Å². The molecule has 0 fully saturated rings. The van der Waals surface area contributed by atoms with E-state index in [0.717, 1.165) is 4.90 Å². The van der Waals surface area contributed by atoms with E-state index in [1.54, 1.807) is 30.3 Å². The van der Waals surface area contributed by atoms with Crippen molar-refractivity contribution in [3.63, 3.8) is 0 Å². The molecule has 7 heteroatoms. The van der Waals surface area contributed by atoms with Crippen LogP contribution in [0.25, 0.3) is 0 Å². The van der Waals surface area contributed by atoms with Gasteiger partial charge >= 0.3 is 0 Å². The monoisotopic (exact) mass is 342 g/mol. The highest BCUT2D eigenvalue weighted by molar-refractivity contribution is 7.99. The summed E-state index contributed by atoms with van der Waals surface area (Å²) in [5.74, 6) is 0. The maximum absolute atomic E-state index is 11.2. The molecule has 0 aliphatic heterocycles. The van der Waals surface area contributed by atoms with E-state index in [0.29, 0.717) is 14.9 Å². The number of nitriles is 1. The summed E-state index contributed by atoms with van der Waals surface area (Å²) in [7, 11) is 0. The summed E-state index contributed by atoms with van der Waals surface area (Å²) in [4.78, 5) is 1.31. The second-order valence-corrected chi connectivity index (χ2v) is 6.61. The van der Waals surface area contributed by atoms with E-state index in [1.165, 1.54) is 17.8 Å². The highest BCUT2D eigenvalue weighted by Crippen LogP contribution is 2.35. The molecular formula is C13H6Cl2NO2S2-. The van der Waals surface area contributed by atoms with Crippen LogP contribution in [-0.4, -0.2) is 8.76 Å². The van der Waals surface area contributed by atoms with E-state index in [9.17, 15) is 8.76 Å². The van der Waals surface area contributed by atoms with Crippen molar-refractivity contribution in [2.75, 3.05) is 0 Å². The van der Waals surface area contributed by atoms with Gasteiger partial charge < -0.3 is 4.55 Å². The van der Waals surface area contributed by atoms with Crippen LogP contribution in [0, 0.1) is 11.3 Å². The predicted molar refractivity (Wildman–Crippen MR) is 78.9 cm³/mol. The van der Waals surface area contributed by atoms with Gasteiger partial charge in [-0.05, 0) is 47.5 Å². The van der Waals surface area contributed by atoms with Crippen LogP contribution in [0.1, 0.15) is 5.56 Å². The molecule has 0 aliphatic carbocycles. The lowest BCUT2D eigenvalue weighted by Gasteiger charge is -2.12. The summed E-state index contributed by atoms with van der Waals surface area (Å²) >= 11 is 10.6. The van der Waals surface area contributed by atoms with Crippen LogP contribution >= 0.6 is 35.0 Å². The van der Waals surface area contributed by atoms with Crippen LogP contribution in [-0.2, 0) is 11.1 Å². The first kappa shape index (κ1) is 15.4. The van der Waals surface area contributed by atoms with Gasteiger partial charge in [-0.3, -0.25) is 4.21 Å². The Labute approximate surface area is 132 Å². The van der Waals surface area contributed by atoms with Crippen LogP contribution in [0.3, 0.4) is 0 Å². The fraction of sp³-hybridized carbons (Fsp3) is 0. The lowest BCUT2D eigenvalue weighted by Crippen LogP contribution is -1.93. The molecule has 0 amide bonds. The molecule has 2 aromatic carbocycles. The zero-order valence-electron chi connectivity index (χ0n) is 9.80. The molecule has 2 aromatic rings. The zero-order chi connectivity index (χ0) is 14.7. The summed E-state index contributed by atoms with van der Waals surface area (Å²) in [6, 6.07) is 11.4. The van der Waals surface area contributed by atoms with Gasteiger partial charge in [-0.2, -0.15) is 5.26 Å². The smallest absolute Gasteiger partial charge is 0.0992 e. The van der Waals surface area contributed by atoms with Crippen molar-refractivity contribution < 1.29 is 8.76 Å². The van der Waals surface area contributed by atoms with Gasteiger partial charge in [-0.1, -0.05) is 35.0 Å². The Morgan fingerprint density at radius 2 is 1.80 bits per heavy atom. The Morgan fingerprint density at radius 1 is 1.15 bits per heavy atom. The number of benzene rings is 2. The topological polar surface area (TPSA) is 63.9 Å². The molecule has 0 saturated carbocycles. The van der Waals surface area contributed by atoms with Crippen molar-refractivity contribution in [1.29, 1.82) is 5.26 Å². The van der Waals surface area contributed by atoms with Crippen molar-refractivity contribution in [1.82, 2.24) is 0 Å². The number of hydrogen-bond acceptors (Lipinski definition) is 4. The van der Waals surface area contributed by atoms with Crippen LogP contribution in [0.2, 0.25) is 10.0 Å². The lowest BCUT2D eigenvalue weighted by molar-refractivity contribution is 0.535. The van der Waals surface area contributed by atoms with Gasteiger partial charge in [0.1, 0.15) is 0 Å². The Kier molecular flexibility index (Phi) is 5.08. The summed E-state index contributed by atoms with van der Waals surface area (Å²) in [5, 5.41) is 9.75. The molecule has 0 N–H and O–H groups in total. The highest BCUT2D eigenvalue weighted by atomic mass is 35.5. The van der Waals surface area contributed by atoms with Crippen LogP contribution in [0.15, 0.2) is 51.1 Å². The SMILES string of the molecule is N#Cc1ccc(Sc2cc(Cl)cc(Cl)c2)c(S(=O)[O-])c1. The molecule has 0 heterocycles. The standard InChI is InChI=1S/C13H7Cl2NO2S2/c14-9-4-10(15)6-11(5-9)19-12-2-1-8(7-16)3-13(12)20(17)18/h1-6H,(H,17,18)/p-1. The second kappa shape index (κ2) is 6.61. The third-order valence-electron chi connectivity index (χ3n) is 2.32. The van der Waals surface area contributed by atoms with Crippen LogP contribution in [0.5, 0.6) is 0 Å². The van der Waals surface area contributed by atoms with Gasteiger partial charge in [0.05, 0.1) is 11.6 Å². The Morgan fingerprint density at radius 3 is 2.35 bits per heavy atom. The first-order valence-electron chi connectivity index (χ1n) is 5.27. The number of nitrogens with zero attached hydrogens (tertiary/aromatic N) is 1. The lowest BCUT2D eigenvalue weighted by atomic mass is 10.2. The molecule has 2 rings (SSSR count). The summed E-state index contributed by atoms with van der Waals surface area (Å²) in [5.41, 5.74) is 0.290. The molecule has 20 heavy (non-hydrogen) atoms. The molecule has 0 aromatic heterocycles. The van der Waals surface area contributed by atoms with Gasteiger partial charge in [0.25, 0.3) is 0 Å². The first-order chi connectivity index (χ1) is 9.49. The fourth-order valence-corrected chi connectivity index (χ4v) is 3.87. The highest BCUT2D eigenvalue weighted by Gasteiger charge is 2.08. The molecule has 0 spiro atoms. The zero-order valence-corrected chi connectivity index (χ0v) is 12.9. The molecule has 0 saturated heterocycles. The average Bonchev–Trinajstić information content (AvgIpc) is 2.37. The number of halogens is 2. The van der Waals surface area contributed by atoms with Crippen LogP contribution < -0.4 is 0 Å². The van der Waals surface area contributed by atoms with Gasteiger partial charge in [-0.25, -0.2) is 0 Å². The maximum atomic E-state index is 11.2. The van der Waals surface area contributed by atoms with Gasteiger partial charge in [0, 0.05) is 24.7 Å². The van der Waals surface area contributed by atoms with Crippen molar-refractivity contribution in [2.45, 2.75) is 14.7 Å². The summed E-state index contributed by atoms with van der Waals surface area (Å²) in [6.45, 7) is 0. The average molecular weight is 343 g/mol. The Balaban J connectivity index is 2.43. The van der Waals surface area contributed by atoms with E-state index < -0.39 is 11.1 Å². The summed E-state index contributed by atoms with van der Waals surface area (Å²) in [6.07, 6.45) is 0. The minimum atomic E-state index is -2.42. The van der Waals surface area contributed by atoms with Gasteiger partial charge in [-0.15, -0.1) is 0 Å². The molecule has 0 bridgehead atoms. The number of rotatable bonds is 3. The quantitative estimate of drug-likeness (QED) is 0.782. The van der Waals surface area contributed by atoms with Gasteiger partial charge in [0.15, 0.2) is 0 Å². The largest absolute Gasteiger partial charge is 0.768 e. The molecule has 1 atom stereocenters. The maximum Gasteiger partial charge on any atom is 0.0992 e. The molecular weight excluding hydrogens is 337 g/mol. The summed E-state index contributed by atoms with van der Waals surface area (Å²) < 4.78 is 22.5. The molecule has 3 nitrogen and oxygen atoms in total. The van der Waals surface area contributed by atoms with Crippen molar-refractivity contribution in [3.05, 3.63) is 52.0 Å². The molecule has 1 unspecified atom stereocenters. The normalized spacial score (nSPS) is 11.9. The Hall–Kier alpha value is -1.03. The van der Waals surface area contributed by atoms with E-state index in [-0.39, 0.29) is 10.5 Å². The van der Waals surface area contributed by atoms with E-state index in [1.807, 2.05) is 6.07 Å². The van der Waals surface area contributed by atoms with Crippen molar-refractivity contribution >= 4 is 46.0 Å². The number of hydrogen-bond donors (Lipinski definition) is 0. The van der Waals surface area contributed by atoms with E-state index >= 15 is 0 Å². The molecule has 0 aliphatic rings. The Bertz CT molecular complexity index is 709. The minimum Gasteiger partial charge on any atom is -0.768 e. The predicted octanol–water partition coefficient (Wildman–Crippen LogP) is 4.25. The van der Waals surface area contributed by atoms with Crippen LogP contribution in [0.4, 0.5) is 0 Å². The first-order valence-corrected chi connectivity index (χ1v) is 7.91. The third kappa shape index (κ3) is 3.75. The second-order valence-electron chi connectivity index (χ2n) is 3.72. The minimum absolute atomic E-state index is 0.0742. The van der Waals surface area contributed by atoms with Crippen molar-refractivity contribution in [3.8, 4) is 6.07 Å². The third-order valence-corrected chi connectivity index (χ3v) is 4.63. The van der Waals surface area contributed by atoms with Crippen molar-refractivity contribution in [2.24, 2.45) is 0 Å². The van der Waals surface area contributed by atoms with E-state index in [2.05, 4.69) is 0 Å². The fourth-order valence-electron chi connectivity index (χ4n) is 1.51.